The van der Waals surface area contributed by atoms with Crippen molar-refractivity contribution in [3.05, 3.63) is 12.4 Å². The van der Waals surface area contributed by atoms with Gasteiger partial charge in [0, 0.05) is 24.7 Å². The SMILES string of the molecule is CC(N)CNc1cc(NC(C)C)ncn1. The summed E-state index contributed by atoms with van der Waals surface area (Å²) in [5, 5.41) is 6.35. The van der Waals surface area contributed by atoms with E-state index in [4.69, 9.17) is 5.73 Å². The monoisotopic (exact) mass is 209 g/mol. The average molecular weight is 209 g/mol. The van der Waals surface area contributed by atoms with Crippen molar-refractivity contribution in [3.63, 3.8) is 0 Å². The Kier molecular flexibility index (Phi) is 4.30. The summed E-state index contributed by atoms with van der Waals surface area (Å²) in [4.78, 5) is 8.21. The molecule has 1 atom stereocenters. The summed E-state index contributed by atoms with van der Waals surface area (Å²) < 4.78 is 0. The van der Waals surface area contributed by atoms with Crippen molar-refractivity contribution in [2.24, 2.45) is 5.73 Å². The van der Waals surface area contributed by atoms with Gasteiger partial charge < -0.3 is 16.4 Å². The Labute approximate surface area is 90.5 Å². The van der Waals surface area contributed by atoms with Crippen LogP contribution in [0.4, 0.5) is 11.6 Å². The Hall–Kier alpha value is -1.36. The van der Waals surface area contributed by atoms with E-state index in [1.807, 2.05) is 13.0 Å². The second-order valence-corrected chi connectivity index (χ2v) is 3.95. The second kappa shape index (κ2) is 5.50. The maximum atomic E-state index is 5.64. The van der Waals surface area contributed by atoms with Gasteiger partial charge in [0.15, 0.2) is 0 Å². The van der Waals surface area contributed by atoms with Crippen molar-refractivity contribution in [3.8, 4) is 0 Å². The molecule has 0 aliphatic heterocycles. The number of nitrogens with one attached hydrogen (secondary N) is 2. The Morgan fingerprint density at radius 3 is 2.53 bits per heavy atom. The van der Waals surface area contributed by atoms with Gasteiger partial charge in [-0.3, -0.25) is 0 Å². The topological polar surface area (TPSA) is 75.9 Å². The van der Waals surface area contributed by atoms with E-state index in [-0.39, 0.29) is 6.04 Å². The molecule has 0 saturated carbocycles. The molecule has 1 aromatic heterocycles. The molecule has 84 valence electrons. The predicted molar refractivity (Wildman–Crippen MR) is 62.9 cm³/mol. The molecule has 1 rings (SSSR count). The Balaban J connectivity index is 2.57. The molecule has 0 aliphatic carbocycles. The average Bonchev–Trinajstić information content (AvgIpc) is 2.14. The fraction of sp³-hybridized carbons (Fsp3) is 0.600. The van der Waals surface area contributed by atoms with Gasteiger partial charge in [0.25, 0.3) is 0 Å². The van der Waals surface area contributed by atoms with Crippen LogP contribution < -0.4 is 16.4 Å². The molecule has 5 heteroatoms. The van der Waals surface area contributed by atoms with E-state index in [0.717, 1.165) is 11.6 Å². The van der Waals surface area contributed by atoms with Crippen LogP contribution in [0.3, 0.4) is 0 Å². The van der Waals surface area contributed by atoms with Gasteiger partial charge in [0.05, 0.1) is 0 Å². The van der Waals surface area contributed by atoms with Crippen LogP contribution in [0.1, 0.15) is 20.8 Å². The van der Waals surface area contributed by atoms with Gasteiger partial charge in [-0.1, -0.05) is 0 Å². The van der Waals surface area contributed by atoms with E-state index in [1.54, 1.807) is 0 Å². The first-order valence-corrected chi connectivity index (χ1v) is 5.16. The van der Waals surface area contributed by atoms with Gasteiger partial charge in [-0.25, -0.2) is 9.97 Å². The molecule has 1 aromatic rings. The summed E-state index contributed by atoms with van der Waals surface area (Å²) in [6.45, 7) is 6.79. The standard InChI is InChI=1S/C10H19N5/c1-7(2)15-10-4-9(13-6-14-10)12-5-8(3)11/h4,6-8H,5,11H2,1-3H3,(H2,12,13,14,15). The van der Waals surface area contributed by atoms with E-state index < -0.39 is 0 Å². The number of nitrogens with zero attached hydrogens (tertiary/aromatic N) is 2. The highest BCUT2D eigenvalue weighted by atomic mass is 15.1. The third-order valence-corrected chi connectivity index (χ3v) is 1.71. The molecule has 15 heavy (non-hydrogen) atoms. The highest BCUT2D eigenvalue weighted by Gasteiger charge is 2.00. The molecular weight excluding hydrogens is 190 g/mol. The number of nitrogens with two attached hydrogens (primary N) is 1. The zero-order valence-electron chi connectivity index (χ0n) is 9.49. The van der Waals surface area contributed by atoms with E-state index in [2.05, 4.69) is 34.4 Å². The molecular formula is C10H19N5. The van der Waals surface area contributed by atoms with Crippen LogP contribution in [0, 0.1) is 0 Å². The van der Waals surface area contributed by atoms with Crippen LogP contribution >= 0.6 is 0 Å². The van der Waals surface area contributed by atoms with Gasteiger partial charge in [-0.15, -0.1) is 0 Å². The maximum Gasteiger partial charge on any atom is 0.131 e. The summed E-state index contributed by atoms with van der Waals surface area (Å²) in [6.07, 6.45) is 1.54. The van der Waals surface area contributed by atoms with Crippen molar-refractivity contribution < 1.29 is 0 Å². The fourth-order valence-corrected chi connectivity index (χ4v) is 1.09. The second-order valence-electron chi connectivity index (χ2n) is 3.95. The lowest BCUT2D eigenvalue weighted by molar-refractivity contribution is 0.776. The summed E-state index contributed by atoms with van der Waals surface area (Å²) >= 11 is 0. The van der Waals surface area contributed by atoms with Crippen LogP contribution in [0.5, 0.6) is 0 Å². The Bertz CT molecular complexity index is 298. The highest BCUT2D eigenvalue weighted by molar-refractivity contribution is 5.46. The smallest absolute Gasteiger partial charge is 0.131 e. The minimum atomic E-state index is 0.112. The number of aromatic nitrogens is 2. The molecule has 0 aromatic carbocycles. The third-order valence-electron chi connectivity index (χ3n) is 1.71. The van der Waals surface area contributed by atoms with Crippen molar-refractivity contribution >= 4 is 11.6 Å². The van der Waals surface area contributed by atoms with Crippen LogP contribution in [-0.4, -0.2) is 28.6 Å². The molecule has 0 bridgehead atoms. The highest BCUT2D eigenvalue weighted by Crippen LogP contribution is 2.09. The minimum absolute atomic E-state index is 0.112. The van der Waals surface area contributed by atoms with Gasteiger partial charge >= 0.3 is 0 Å². The Morgan fingerprint density at radius 2 is 1.93 bits per heavy atom. The molecule has 0 saturated heterocycles. The van der Waals surface area contributed by atoms with Crippen molar-refractivity contribution in [1.82, 2.24) is 9.97 Å². The first-order chi connectivity index (χ1) is 7.08. The molecule has 5 nitrogen and oxygen atoms in total. The number of hydrogen-bond acceptors (Lipinski definition) is 5. The lowest BCUT2D eigenvalue weighted by Crippen LogP contribution is -2.25. The fourth-order valence-electron chi connectivity index (χ4n) is 1.09. The van der Waals surface area contributed by atoms with Crippen LogP contribution in [0.2, 0.25) is 0 Å². The molecule has 1 heterocycles. The molecule has 4 N–H and O–H groups in total. The number of rotatable bonds is 5. The van der Waals surface area contributed by atoms with Crippen molar-refractivity contribution in [2.75, 3.05) is 17.2 Å². The van der Waals surface area contributed by atoms with Crippen LogP contribution in [-0.2, 0) is 0 Å². The van der Waals surface area contributed by atoms with E-state index in [0.29, 0.717) is 12.6 Å². The first kappa shape index (κ1) is 11.7. The van der Waals surface area contributed by atoms with E-state index in [1.165, 1.54) is 6.33 Å². The molecule has 0 fully saturated rings. The summed E-state index contributed by atoms with van der Waals surface area (Å²) in [5.74, 6) is 1.62. The van der Waals surface area contributed by atoms with Crippen LogP contribution in [0.15, 0.2) is 12.4 Å². The molecule has 1 unspecified atom stereocenters. The van der Waals surface area contributed by atoms with Gasteiger partial charge in [0.1, 0.15) is 18.0 Å². The molecule has 0 radical (unpaired) electrons. The van der Waals surface area contributed by atoms with E-state index in [9.17, 15) is 0 Å². The zero-order chi connectivity index (χ0) is 11.3. The lowest BCUT2D eigenvalue weighted by atomic mass is 10.3. The predicted octanol–water partition coefficient (Wildman–Crippen LogP) is 1.06. The molecule has 0 amide bonds. The maximum absolute atomic E-state index is 5.64. The van der Waals surface area contributed by atoms with Gasteiger partial charge in [0.2, 0.25) is 0 Å². The summed E-state index contributed by atoms with van der Waals surface area (Å²) in [5.41, 5.74) is 5.64. The normalized spacial score (nSPS) is 12.6. The number of hydrogen-bond donors (Lipinski definition) is 3. The summed E-state index contributed by atoms with van der Waals surface area (Å²) in [7, 11) is 0. The van der Waals surface area contributed by atoms with Crippen molar-refractivity contribution in [2.45, 2.75) is 32.9 Å². The minimum Gasteiger partial charge on any atom is -0.368 e. The Morgan fingerprint density at radius 1 is 1.27 bits per heavy atom. The summed E-state index contributed by atoms with van der Waals surface area (Å²) in [6, 6.07) is 2.35. The van der Waals surface area contributed by atoms with Gasteiger partial charge in [-0.2, -0.15) is 0 Å². The molecule has 0 aliphatic rings. The van der Waals surface area contributed by atoms with Crippen molar-refractivity contribution in [1.29, 1.82) is 0 Å². The van der Waals surface area contributed by atoms with Crippen LogP contribution in [0.25, 0.3) is 0 Å². The van der Waals surface area contributed by atoms with E-state index >= 15 is 0 Å². The van der Waals surface area contributed by atoms with Gasteiger partial charge in [-0.05, 0) is 20.8 Å². The number of anilines is 2. The third kappa shape index (κ3) is 4.60. The quantitative estimate of drug-likeness (QED) is 0.676. The largest absolute Gasteiger partial charge is 0.368 e. The molecule has 0 spiro atoms. The first-order valence-electron chi connectivity index (χ1n) is 5.16. The zero-order valence-corrected chi connectivity index (χ0v) is 9.49. The lowest BCUT2D eigenvalue weighted by Gasteiger charge is -2.11.